The van der Waals surface area contributed by atoms with Crippen LogP contribution in [0.2, 0.25) is 0 Å². The summed E-state index contributed by atoms with van der Waals surface area (Å²) in [6, 6.07) is 0.339. The molecule has 84 valence electrons. The largest absolute Gasteiger partial charge is 0.394 e. The van der Waals surface area contributed by atoms with Gasteiger partial charge in [0.1, 0.15) is 5.82 Å². The first-order valence-corrected chi connectivity index (χ1v) is 5.56. The van der Waals surface area contributed by atoms with E-state index in [-0.39, 0.29) is 5.54 Å². The summed E-state index contributed by atoms with van der Waals surface area (Å²) in [6.07, 6.45) is 2.43. The molecule has 15 heavy (non-hydrogen) atoms. The van der Waals surface area contributed by atoms with Gasteiger partial charge in [-0.05, 0) is 40.5 Å². The fourth-order valence-corrected chi connectivity index (χ4v) is 1.66. The van der Waals surface area contributed by atoms with Gasteiger partial charge in [0.05, 0.1) is 11.4 Å². The molecule has 4 nitrogen and oxygen atoms in total. The summed E-state index contributed by atoms with van der Waals surface area (Å²) in [5, 5.41) is 7.96. The Morgan fingerprint density at radius 3 is 2.53 bits per heavy atom. The van der Waals surface area contributed by atoms with E-state index in [1.165, 1.54) is 12.8 Å². The van der Waals surface area contributed by atoms with Crippen LogP contribution in [0.25, 0.3) is 0 Å². The highest BCUT2D eigenvalue weighted by atomic mass is 15.4. The van der Waals surface area contributed by atoms with Gasteiger partial charge in [-0.3, -0.25) is 0 Å². The van der Waals surface area contributed by atoms with Gasteiger partial charge in [-0.15, -0.1) is 0 Å². The second kappa shape index (κ2) is 3.15. The third-order valence-corrected chi connectivity index (χ3v) is 3.04. The molecular weight excluding hydrogens is 188 g/mol. The summed E-state index contributed by atoms with van der Waals surface area (Å²) >= 11 is 0. The van der Waals surface area contributed by atoms with Crippen LogP contribution in [0.1, 0.15) is 45.3 Å². The second-order valence-corrected chi connectivity index (χ2v) is 5.07. The van der Waals surface area contributed by atoms with E-state index in [1.807, 2.05) is 11.6 Å². The molecule has 1 saturated carbocycles. The minimum absolute atomic E-state index is 0.243. The minimum atomic E-state index is 0.243. The van der Waals surface area contributed by atoms with Crippen molar-refractivity contribution in [3.8, 4) is 0 Å². The van der Waals surface area contributed by atoms with Crippen molar-refractivity contribution in [1.82, 2.24) is 9.78 Å². The number of nitrogens with one attached hydrogen (secondary N) is 1. The van der Waals surface area contributed by atoms with Crippen LogP contribution in [0.4, 0.5) is 11.5 Å². The van der Waals surface area contributed by atoms with Crippen molar-refractivity contribution in [3.63, 3.8) is 0 Å². The Labute approximate surface area is 90.8 Å². The molecule has 1 aromatic rings. The predicted octanol–water partition coefficient (Wildman–Crippen LogP) is 2.32. The number of hydrogen-bond donors (Lipinski definition) is 2. The summed E-state index contributed by atoms with van der Waals surface area (Å²) in [6.45, 7) is 8.41. The molecule has 1 heterocycles. The maximum Gasteiger partial charge on any atom is 0.148 e. The molecule has 0 bridgehead atoms. The lowest BCUT2D eigenvalue weighted by molar-refractivity contribution is 0.531. The van der Waals surface area contributed by atoms with Crippen LogP contribution >= 0.6 is 0 Å². The Balaban J connectivity index is 2.34. The van der Waals surface area contributed by atoms with E-state index in [0.717, 1.165) is 17.2 Å². The van der Waals surface area contributed by atoms with Crippen LogP contribution in [0.5, 0.6) is 0 Å². The maximum absolute atomic E-state index is 6.03. The van der Waals surface area contributed by atoms with Crippen molar-refractivity contribution >= 4 is 11.5 Å². The molecule has 0 atom stereocenters. The van der Waals surface area contributed by atoms with Gasteiger partial charge in [-0.2, -0.15) is 5.10 Å². The molecule has 3 N–H and O–H groups in total. The van der Waals surface area contributed by atoms with Gasteiger partial charge in [-0.25, -0.2) is 4.68 Å². The molecule has 0 aromatic carbocycles. The normalized spacial score (nSPS) is 18.2. The van der Waals surface area contributed by atoms with E-state index >= 15 is 0 Å². The first-order valence-electron chi connectivity index (χ1n) is 5.56. The van der Waals surface area contributed by atoms with E-state index in [0.29, 0.717) is 6.04 Å². The SMILES string of the molecule is Cc1nn(C(C)C)c(NC2(C)CC2)c1N. The highest BCUT2D eigenvalue weighted by Crippen LogP contribution is 2.40. The zero-order valence-electron chi connectivity index (χ0n) is 9.96. The fraction of sp³-hybridized carbons (Fsp3) is 0.727. The first-order chi connectivity index (χ1) is 6.93. The Hall–Kier alpha value is -1.19. The highest BCUT2D eigenvalue weighted by Gasteiger charge is 2.38. The van der Waals surface area contributed by atoms with Gasteiger partial charge < -0.3 is 11.1 Å². The van der Waals surface area contributed by atoms with Gasteiger partial charge in [-0.1, -0.05) is 0 Å². The highest BCUT2D eigenvalue weighted by molar-refractivity contribution is 5.66. The molecule has 0 unspecified atom stereocenters. The van der Waals surface area contributed by atoms with E-state index in [1.54, 1.807) is 0 Å². The third kappa shape index (κ3) is 1.80. The molecule has 1 fully saturated rings. The third-order valence-electron chi connectivity index (χ3n) is 3.04. The number of aromatic nitrogens is 2. The Kier molecular flexibility index (Phi) is 2.17. The number of hydrogen-bond acceptors (Lipinski definition) is 3. The lowest BCUT2D eigenvalue weighted by Gasteiger charge is -2.17. The molecule has 0 spiro atoms. The molecule has 1 aliphatic rings. The first kappa shape index (κ1) is 10.3. The van der Waals surface area contributed by atoms with E-state index in [2.05, 4.69) is 31.2 Å². The lowest BCUT2D eigenvalue weighted by atomic mass is 10.3. The van der Waals surface area contributed by atoms with Crippen LogP contribution in [0.3, 0.4) is 0 Å². The van der Waals surface area contributed by atoms with Gasteiger partial charge in [0.15, 0.2) is 0 Å². The molecule has 0 saturated heterocycles. The number of rotatable bonds is 3. The molecule has 0 amide bonds. The van der Waals surface area contributed by atoms with Crippen LogP contribution < -0.4 is 11.1 Å². The number of nitrogens with two attached hydrogens (primary N) is 1. The molecule has 0 radical (unpaired) electrons. The number of aryl methyl sites for hydroxylation is 1. The zero-order chi connectivity index (χ0) is 11.2. The predicted molar refractivity (Wildman–Crippen MR) is 63.0 cm³/mol. The fourth-order valence-electron chi connectivity index (χ4n) is 1.66. The smallest absolute Gasteiger partial charge is 0.148 e. The monoisotopic (exact) mass is 208 g/mol. The van der Waals surface area contributed by atoms with Crippen molar-refractivity contribution in [3.05, 3.63) is 5.69 Å². The number of nitrogen functional groups attached to an aromatic ring is 1. The van der Waals surface area contributed by atoms with E-state index in [4.69, 9.17) is 5.73 Å². The quantitative estimate of drug-likeness (QED) is 0.801. The maximum atomic E-state index is 6.03. The van der Waals surface area contributed by atoms with E-state index in [9.17, 15) is 0 Å². The van der Waals surface area contributed by atoms with Crippen molar-refractivity contribution in [2.24, 2.45) is 0 Å². The topological polar surface area (TPSA) is 55.9 Å². The number of anilines is 2. The average Bonchev–Trinajstić information content (AvgIpc) is 2.81. The molecule has 0 aliphatic heterocycles. The minimum Gasteiger partial charge on any atom is -0.394 e. The number of nitrogens with zero attached hydrogens (tertiary/aromatic N) is 2. The van der Waals surface area contributed by atoms with Gasteiger partial charge >= 0.3 is 0 Å². The van der Waals surface area contributed by atoms with Crippen LogP contribution in [0, 0.1) is 6.92 Å². The van der Waals surface area contributed by atoms with E-state index < -0.39 is 0 Å². The van der Waals surface area contributed by atoms with Crippen LogP contribution in [0.15, 0.2) is 0 Å². The summed E-state index contributed by atoms with van der Waals surface area (Å²) in [7, 11) is 0. The molecule has 1 aromatic heterocycles. The Morgan fingerprint density at radius 2 is 2.07 bits per heavy atom. The van der Waals surface area contributed by atoms with Crippen molar-refractivity contribution < 1.29 is 0 Å². The standard InChI is InChI=1S/C11H20N4/c1-7(2)15-10(9(12)8(3)14-15)13-11(4)5-6-11/h7,13H,5-6,12H2,1-4H3. The summed E-state index contributed by atoms with van der Waals surface area (Å²) in [5.74, 6) is 0.988. The molecule has 2 rings (SSSR count). The van der Waals surface area contributed by atoms with Gasteiger partial charge in [0.2, 0.25) is 0 Å². The van der Waals surface area contributed by atoms with Gasteiger partial charge in [0, 0.05) is 11.6 Å². The molecular formula is C11H20N4. The van der Waals surface area contributed by atoms with Gasteiger partial charge in [0.25, 0.3) is 0 Å². The molecule has 1 aliphatic carbocycles. The zero-order valence-corrected chi connectivity index (χ0v) is 9.96. The van der Waals surface area contributed by atoms with Crippen LogP contribution in [-0.4, -0.2) is 15.3 Å². The summed E-state index contributed by atoms with van der Waals surface area (Å²) in [5.41, 5.74) is 7.97. The van der Waals surface area contributed by atoms with Crippen molar-refractivity contribution in [2.45, 2.75) is 52.1 Å². The lowest BCUT2D eigenvalue weighted by Crippen LogP contribution is -2.20. The molecule has 4 heteroatoms. The summed E-state index contributed by atoms with van der Waals surface area (Å²) < 4.78 is 1.98. The second-order valence-electron chi connectivity index (χ2n) is 5.07. The van der Waals surface area contributed by atoms with Crippen molar-refractivity contribution in [2.75, 3.05) is 11.1 Å². The van der Waals surface area contributed by atoms with Crippen molar-refractivity contribution in [1.29, 1.82) is 0 Å². The van der Waals surface area contributed by atoms with Crippen LogP contribution in [-0.2, 0) is 0 Å². The Bertz CT molecular complexity index is 374. The summed E-state index contributed by atoms with van der Waals surface area (Å²) in [4.78, 5) is 0. The Morgan fingerprint density at radius 1 is 1.47 bits per heavy atom. The average molecular weight is 208 g/mol.